The molecule has 4 aromatic rings. The molecule has 0 aliphatic rings. The third kappa shape index (κ3) is 4.74. The number of benzene rings is 1. The van der Waals surface area contributed by atoms with Crippen molar-refractivity contribution in [3.05, 3.63) is 106 Å². The van der Waals surface area contributed by atoms with Crippen LogP contribution in [0.15, 0.2) is 78.6 Å². The largest absolute Gasteiger partial charge is 0.290 e. The van der Waals surface area contributed by atoms with Crippen LogP contribution in [0.1, 0.15) is 27.3 Å². The lowest BCUT2D eigenvalue weighted by Crippen LogP contribution is -2.22. The van der Waals surface area contributed by atoms with Crippen molar-refractivity contribution in [2.45, 2.75) is 33.1 Å². The predicted molar refractivity (Wildman–Crippen MR) is 114 cm³/mol. The van der Waals surface area contributed by atoms with E-state index in [1.807, 2.05) is 30.7 Å². The van der Waals surface area contributed by atoms with E-state index in [0.29, 0.717) is 0 Å². The van der Waals surface area contributed by atoms with Gasteiger partial charge in [-0.2, -0.15) is 5.10 Å². The van der Waals surface area contributed by atoms with Gasteiger partial charge in [-0.15, -0.1) is 11.3 Å². The Morgan fingerprint density at radius 3 is 2.50 bits per heavy atom. The molecule has 142 valence electrons. The molecule has 0 aliphatic heterocycles. The number of thiophene rings is 1. The minimum absolute atomic E-state index is 0.806. The van der Waals surface area contributed by atoms with Gasteiger partial charge in [-0.05, 0) is 35.6 Å². The smallest absolute Gasteiger partial charge is 0.0662 e. The molecule has 0 fully saturated rings. The average Bonchev–Trinajstić information content (AvgIpc) is 3.35. The highest BCUT2D eigenvalue weighted by atomic mass is 32.1. The van der Waals surface area contributed by atoms with Crippen LogP contribution in [0.3, 0.4) is 0 Å². The highest BCUT2D eigenvalue weighted by molar-refractivity contribution is 7.09. The molecule has 0 saturated carbocycles. The van der Waals surface area contributed by atoms with Gasteiger partial charge < -0.3 is 0 Å². The highest BCUT2D eigenvalue weighted by Gasteiger charge is 2.14. The molecule has 0 aliphatic carbocycles. The van der Waals surface area contributed by atoms with E-state index in [-0.39, 0.29) is 0 Å². The quantitative estimate of drug-likeness (QED) is 0.431. The van der Waals surface area contributed by atoms with Crippen molar-refractivity contribution >= 4 is 11.3 Å². The predicted octanol–water partition coefficient (Wildman–Crippen LogP) is 4.90. The third-order valence-electron chi connectivity index (χ3n) is 4.86. The van der Waals surface area contributed by atoms with Crippen LogP contribution in [0.2, 0.25) is 0 Å². The van der Waals surface area contributed by atoms with Gasteiger partial charge in [0.2, 0.25) is 0 Å². The number of hydrogen-bond acceptors (Lipinski definition) is 4. The van der Waals surface area contributed by atoms with Gasteiger partial charge in [0.15, 0.2) is 0 Å². The molecule has 4 rings (SSSR count). The second kappa shape index (κ2) is 8.95. The summed E-state index contributed by atoms with van der Waals surface area (Å²) < 4.78 is 2.10. The number of aromatic nitrogens is 3. The van der Waals surface area contributed by atoms with E-state index in [1.165, 1.54) is 27.3 Å². The normalized spacial score (nSPS) is 11.2. The van der Waals surface area contributed by atoms with Crippen LogP contribution in [0.5, 0.6) is 0 Å². The van der Waals surface area contributed by atoms with Gasteiger partial charge >= 0.3 is 0 Å². The van der Waals surface area contributed by atoms with E-state index in [0.717, 1.165) is 26.2 Å². The SMILES string of the molecule is Cc1c(CN(Cc2cccnc2)Cc2cccs2)cnn1Cc1ccccc1. The molecule has 0 atom stereocenters. The Balaban J connectivity index is 1.51. The molecule has 28 heavy (non-hydrogen) atoms. The minimum atomic E-state index is 0.806. The highest BCUT2D eigenvalue weighted by Crippen LogP contribution is 2.19. The second-order valence-electron chi connectivity index (χ2n) is 6.98. The molecular formula is C23H24N4S. The number of hydrogen-bond donors (Lipinski definition) is 0. The molecule has 0 amide bonds. The Morgan fingerprint density at radius 2 is 1.75 bits per heavy atom. The van der Waals surface area contributed by atoms with E-state index in [2.05, 4.69) is 74.4 Å². The lowest BCUT2D eigenvalue weighted by atomic mass is 10.2. The summed E-state index contributed by atoms with van der Waals surface area (Å²) in [6.07, 6.45) is 5.79. The first-order chi connectivity index (χ1) is 13.8. The fraction of sp³-hybridized carbons (Fsp3) is 0.217. The summed E-state index contributed by atoms with van der Waals surface area (Å²) >= 11 is 1.81. The Hall–Kier alpha value is -2.76. The van der Waals surface area contributed by atoms with Crippen LogP contribution >= 0.6 is 11.3 Å². The maximum atomic E-state index is 4.65. The maximum Gasteiger partial charge on any atom is 0.0662 e. The summed E-state index contributed by atoms with van der Waals surface area (Å²) in [5.41, 5.74) is 5.00. The van der Waals surface area contributed by atoms with Crippen LogP contribution in [-0.2, 0) is 26.2 Å². The molecule has 0 spiro atoms. The van der Waals surface area contributed by atoms with Crippen molar-refractivity contribution < 1.29 is 0 Å². The fourth-order valence-electron chi connectivity index (χ4n) is 3.34. The molecular weight excluding hydrogens is 364 g/mol. The lowest BCUT2D eigenvalue weighted by Gasteiger charge is -2.21. The van der Waals surface area contributed by atoms with Crippen LogP contribution in [0, 0.1) is 6.92 Å². The van der Waals surface area contributed by atoms with Crippen LogP contribution in [0.4, 0.5) is 0 Å². The Labute approximate surface area is 170 Å². The number of rotatable bonds is 8. The van der Waals surface area contributed by atoms with Gasteiger partial charge in [0.25, 0.3) is 0 Å². The molecule has 0 N–H and O–H groups in total. The van der Waals surface area contributed by atoms with Crippen molar-refractivity contribution in [1.82, 2.24) is 19.7 Å². The summed E-state index contributed by atoms with van der Waals surface area (Å²) in [6, 6.07) is 18.9. The number of nitrogens with zero attached hydrogens (tertiary/aromatic N) is 4. The fourth-order valence-corrected chi connectivity index (χ4v) is 4.08. The molecule has 0 saturated heterocycles. The lowest BCUT2D eigenvalue weighted by molar-refractivity contribution is 0.249. The molecule has 4 nitrogen and oxygen atoms in total. The zero-order valence-corrected chi connectivity index (χ0v) is 16.8. The Kier molecular flexibility index (Phi) is 5.95. The monoisotopic (exact) mass is 388 g/mol. The summed E-state index contributed by atoms with van der Waals surface area (Å²) in [6.45, 7) is 5.64. The summed E-state index contributed by atoms with van der Waals surface area (Å²) in [5.74, 6) is 0. The van der Waals surface area contributed by atoms with Crippen LogP contribution < -0.4 is 0 Å². The average molecular weight is 389 g/mol. The second-order valence-corrected chi connectivity index (χ2v) is 8.02. The third-order valence-corrected chi connectivity index (χ3v) is 5.72. The van der Waals surface area contributed by atoms with Crippen molar-refractivity contribution in [3.63, 3.8) is 0 Å². The summed E-state index contributed by atoms with van der Waals surface area (Å²) in [4.78, 5) is 8.10. The van der Waals surface area contributed by atoms with Gasteiger partial charge in [-0.25, -0.2) is 0 Å². The van der Waals surface area contributed by atoms with Crippen molar-refractivity contribution in [2.75, 3.05) is 0 Å². The van der Waals surface area contributed by atoms with Gasteiger partial charge in [-0.1, -0.05) is 42.5 Å². The van der Waals surface area contributed by atoms with Crippen molar-refractivity contribution in [1.29, 1.82) is 0 Å². The zero-order chi connectivity index (χ0) is 19.2. The van der Waals surface area contributed by atoms with Crippen molar-refractivity contribution in [2.24, 2.45) is 0 Å². The van der Waals surface area contributed by atoms with Crippen LogP contribution in [0.25, 0.3) is 0 Å². The van der Waals surface area contributed by atoms with Crippen LogP contribution in [-0.4, -0.2) is 19.7 Å². The first kappa shape index (κ1) is 18.6. The molecule has 5 heteroatoms. The molecule has 0 unspecified atom stereocenters. The zero-order valence-electron chi connectivity index (χ0n) is 16.0. The molecule has 1 aromatic carbocycles. The van der Waals surface area contributed by atoms with E-state index < -0.39 is 0 Å². The molecule has 0 bridgehead atoms. The van der Waals surface area contributed by atoms with Gasteiger partial charge in [0.1, 0.15) is 0 Å². The van der Waals surface area contributed by atoms with E-state index in [4.69, 9.17) is 0 Å². The summed E-state index contributed by atoms with van der Waals surface area (Å²) in [5, 5.41) is 6.79. The Bertz CT molecular complexity index is 978. The summed E-state index contributed by atoms with van der Waals surface area (Å²) in [7, 11) is 0. The van der Waals surface area contributed by atoms with E-state index in [9.17, 15) is 0 Å². The molecule has 3 heterocycles. The maximum absolute atomic E-state index is 4.65. The first-order valence-corrected chi connectivity index (χ1v) is 10.3. The Morgan fingerprint density at radius 1 is 0.893 bits per heavy atom. The standard InChI is InChI=1S/C23H24N4S/c1-19-22(14-25-27(19)16-20-7-3-2-4-8-20)17-26(18-23-10-6-12-28-23)15-21-9-5-11-24-13-21/h2-14H,15-18H2,1H3. The van der Waals surface area contributed by atoms with Crippen molar-refractivity contribution in [3.8, 4) is 0 Å². The van der Waals surface area contributed by atoms with Gasteiger partial charge in [0.05, 0.1) is 12.7 Å². The topological polar surface area (TPSA) is 34.0 Å². The molecule has 3 aromatic heterocycles. The first-order valence-electron chi connectivity index (χ1n) is 9.47. The van der Waals surface area contributed by atoms with E-state index >= 15 is 0 Å². The minimum Gasteiger partial charge on any atom is -0.290 e. The molecule has 0 radical (unpaired) electrons. The van der Waals surface area contributed by atoms with Gasteiger partial charge in [0, 0.05) is 48.2 Å². The van der Waals surface area contributed by atoms with Gasteiger partial charge in [-0.3, -0.25) is 14.6 Å². The number of pyridine rings is 1. The van der Waals surface area contributed by atoms with E-state index in [1.54, 1.807) is 11.3 Å².